The Morgan fingerprint density at radius 2 is 1.80 bits per heavy atom. The molecule has 0 spiro atoms. The van der Waals surface area contributed by atoms with Gasteiger partial charge in [0, 0.05) is 11.6 Å². The fraction of sp³-hybridized carbons (Fsp3) is 0.846. The van der Waals surface area contributed by atoms with Crippen molar-refractivity contribution in [2.24, 2.45) is 0 Å². The lowest BCUT2D eigenvalue weighted by Crippen LogP contribution is -2.56. The molecule has 0 aromatic carbocycles. The maximum absolute atomic E-state index is 3.94. The summed E-state index contributed by atoms with van der Waals surface area (Å²) in [6.07, 6.45) is 3.20. The van der Waals surface area contributed by atoms with Gasteiger partial charge in [-0.15, -0.1) is 6.58 Å². The maximum atomic E-state index is 3.94. The van der Waals surface area contributed by atoms with Crippen molar-refractivity contribution in [3.05, 3.63) is 12.7 Å². The average molecular weight is 212 g/mol. The van der Waals surface area contributed by atoms with E-state index < -0.39 is 0 Å². The molecular weight excluding hydrogens is 184 g/mol. The van der Waals surface area contributed by atoms with Crippen LogP contribution in [-0.2, 0) is 0 Å². The lowest BCUT2D eigenvalue weighted by atomic mass is 9.92. The molecular formula is C13H28N2. The largest absolute Gasteiger partial charge is 0.309 e. The normalized spacial score (nSPS) is 14.3. The highest BCUT2D eigenvalue weighted by molar-refractivity contribution is 5.02. The third kappa shape index (κ3) is 3.96. The highest BCUT2D eigenvalue weighted by Gasteiger charge is 2.31. The Kier molecular flexibility index (Phi) is 6.86. The molecule has 0 heterocycles. The third-order valence-corrected chi connectivity index (χ3v) is 3.19. The minimum absolute atomic E-state index is 0.139. The van der Waals surface area contributed by atoms with Crippen molar-refractivity contribution in [3.8, 4) is 0 Å². The second-order valence-electron chi connectivity index (χ2n) is 4.49. The Morgan fingerprint density at radius 1 is 1.27 bits per heavy atom. The smallest absolute Gasteiger partial charge is 0.0428 e. The Morgan fingerprint density at radius 3 is 2.13 bits per heavy atom. The zero-order valence-electron chi connectivity index (χ0n) is 11.1. The van der Waals surface area contributed by atoms with Crippen molar-refractivity contribution in [1.82, 2.24) is 10.2 Å². The first-order valence-electron chi connectivity index (χ1n) is 6.15. The average Bonchev–Trinajstić information content (AvgIpc) is 2.20. The van der Waals surface area contributed by atoms with Gasteiger partial charge in [0.2, 0.25) is 0 Å². The van der Waals surface area contributed by atoms with E-state index in [0.717, 1.165) is 19.6 Å². The molecule has 0 aliphatic heterocycles. The van der Waals surface area contributed by atoms with Gasteiger partial charge < -0.3 is 5.32 Å². The molecule has 2 nitrogen and oxygen atoms in total. The second-order valence-corrected chi connectivity index (χ2v) is 4.49. The number of hydrogen-bond donors (Lipinski definition) is 1. The van der Waals surface area contributed by atoms with Crippen LogP contribution in [0.2, 0.25) is 0 Å². The van der Waals surface area contributed by atoms with Crippen LogP contribution in [0.15, 0.2) is 12.7 Å². The van der Waals surface area contributed by atoms with E-state index in [0.29, 0.717) is 6.04 Å². The van der Waals surface area contributed by atoms with Crippen LogP contribution in [0.4, 0.5) is 0 Å². The van der Waals surface area contributed by atoms with Crippen molar-refractivity contribution in [2.45, 2.75) is 52.6 Å². The SMILES string of the molecule is C=CC(NCCC)C(C)(C)N(CC)CC. The summed E-state index contributed by atoms with van der Waals surface area (Å²) in [7, 11) is 0. The number of rotatable bonds is 8. The van der Waals surface area contributed by atoms with Crippen LogP contribution >= 0.6 is 0 Å². The minimum Gasteiger partial charge on any atom is -0.309 e. The van der Waals surface area contributed by atoms with E-state index in [2.05, 4.69) is 51.4 Å². The molecule has 1 unspecified atom stereocenters. The van der Waals surface area contributed by atoms with Crippen molar-refractivity contribution in [1.29, 1.82) is 0 Å². The van der Waals surface area contributed by atoms with E-state index >= 15 is 0 Å². The molecule has 0 rings (SSSR count). The molecule has 1 N–H and O–H groups in total. The molecule has 0 bridgehead atoms. The third-order valence-electron chi connectivity index (χ3n) is 3.19. The van der Waals surface area contributed by atoms with E-state index in [1.807, 2.05) is 6.08 Å². The molecule has 0 saturated carbocycles. The molecule has 0 aromatic rings. The first-order valence-corrected chi connectivity index (χ1v) is 6.15. The van der Waals surface area contributed by atoms with Gasteiger partial charge >= 0.3 is 0 Å². The van der Waals surface area contributed by atoms with Crippen LogP contribution in [0.5, 0.6) is 0 Å². The van der Waals surface area contributed by atoms with Crippen LogP contribution in [0.25, 0.3) is 0 Å². The van der Waals surface area contributed by atoms with Gasteiger partial charge in [-0.1, -0.05) is 26.8 Å². The summed E-state index contributed by atoms with van der Waals surface area (Å²) in [5.74, 6) is 0. The summed E-state index contributed by atoms with van der Waals surface area (Å²) in [5, 5.41) is 3.55. The monoisotopic (exact) mass is 212 g/mol. The van der Waals surface area contributed by atoms with Crippen LogP contribution < -0.4 is 5.32 Å². The summed E-state index contributed by atoms with van der Waals surface area (Å²) < 4.78 is 0. The summed E-state index contributed by atoms with van der Waals surface area (Å²) >= 11 is 0. The van der Waals surface area contributed by atoms with E-state index in [9.17, 15) is 0 Å². The van der Waals surface area contributed by atoms with Gasteiger partial charge in [-0.25, -0.2) is 0 Å². The lowest BCUT2D eigenvalue weighted by molar-refractivity contribution is 0.108. The lowest BCUT2D eigenvalue weighted by Gasteiger charge is -2.42. The van der Waals surface area contributed by atoms with E-state index in [1.54, 1.807) is 0 Å². The van der Waals surface area contributed by atoms with E-state index in [1.165, 1.54) is 6.42 Å². The van der Waals surface area contributed by atoms with Gasteiger partial charge in [0.05, 0.1) is 0 Å². The topological polar surface area (TPSA) is 15.3 Å². The highest BCUT2D eigenvalue weighted by atomic mass is 15.2. The molecule has 0 aromatic heterocycles. The molecule has 0 aliphatic carbocycles. The molecule has 90 valence electrons. The molecule has 0 amide bonds. The van der Waals surface area contributed by atoms with Gasteiger partial charge in [-0.2, -0.15) is 0 Å². The molecule has 2 heteroatoms. The van der Waals surface area contributed by atoms with Gasteiger partial charge in [-0.3, -0.25) is 4.90 Å². The summed E-state index contributed by atoms with van der Waals surface area (Å²) in [5.41, 5.74) is 0.139. The zero-order chi connectivity index (χ0) is 11.9. The minimum atomic E-state index is 0.139. The Labute approximate surface area is 95.7 Å². The summed E-state index contributed by atoms with van der Waals surface area (Å²) in [6.45, 7) is 18.4. The number of likely N-dealkylation sites (N-methyl/N-ethyl adjacent to an activating group) is 1. The van der Waals surface area contributed by atoms with Crippen LogP contribution in [0, 0.1) is 0 Å². The molecule has 15 heavy (non-hydrogen) atoms. The van der Waals surface area contributed by atoms with Crippen molar-refractivity contribution >= 4 is 0 Å². The molecule has 0 radical (unpaired) electrons. The van der Waals surface area contributed by atoms with Gasteiger partial charge in [0.25, 0.3) is 0 Å². The molecule has 0 fully saturated rings. The Hall–Kier alpha value is -0.340. The molecule has 1 atom stereocenters. The Bertz CT molecular complexity index is 171. The van der Waals surface area contributed by atoms with Gasteiger partial charge in [0.15, 0.2) is 0 Å². The highest BCUT2D eigenvalue weighted by Crippen LogP contribution is 2.19. The van der Waals surface area contributed by atoms with Gasteiger partial charge in [-0.05, 0) is 39.9 Å². The fourth-order valence-corrected chi connectivity index (χ4v) is 2.16. The van der Waals surface area contributed by atoms with Crippen molar-refractivity contribution in [2.75, 3.05) is 19.6 Å². The number of nitrogens with zero attached hydrogens (tertiary/aromatic N) is 1. The van der Waals surface area contributed by atoms with Crippen molar-refractivity contribution in [3.63, 3.8) is 0 Å². The predicted molar refractivity (Wildman–Crippen MR) is 69.3 cm³/mol. The van der Waals surface area contributed by atoms with Crippen LogP contribution in [0.1, 0.15) is 41.0 Å². The molecule has 0 aliphatic rings. The Balaban J connectivity index is 4.54. The second kappa shape index (κ2) is 7.02. The van der Waals surface area contributed by atoms with E-state index in [-0.39, 0.29) is 5.54 Å². The summed E-state index contributed by atoms with van der Waals surface area (Å²) in [6, 6.07) is 0.359. The van der Waals surface area contributed by atoms with Crippen LogP contribution in [-0.4, -0.2) is 36.1 Å². The molecule has 0 saturated heterocycles. The zero-order valence-corrected chi connectivity index (χ0v) is 11.1. The summed E-state index contributed by atoms with van der Waals surface area (Å²) in [4.78, 5) is 2.47. The van der Waals surface area contributed by atoms with Gasteiger partial charge in [0.1, 0.15) is 0 Å². The quantitative estimate of drug-likeness (QED) is 0.622. The van der Waals surface area contributed by atoms with Crippen LogP contribution in [0.3, 0.4) is 0 Å². The number of hydrogen-bond acceptors (Lipinski definition) is 2. The standard InChI is InChI=1S/C13H28N2/c1-7-11-14-12(8-2)13(5,6)15(9-3)10-4/h8,12,14H,2,7,9-11H2,1,3-6H3. The fourth-order valence-electron chi connectivity index (χ4n) is 2.16. The van der Waals surface area contributed by atoms with E-state index in [4.69, 9.17) is 0 Å². The predicted octanol–water partition coefficient (Wildman–Crippen LogP) is 2.66. The number of nitrogens with one attached hydrogen (secondary N) is 1. The van der Waals surface area contributed by atoms with Crippen molar-refractivity contribution < 1.29 is 0 Å². The first kappa shape index (κ1) is 14.7. The maximum Gasteiger partial charge on any atom is 0.0428 e. The first-order chi connectivity index (χ1) is 7.04.